The molecule has 5 nitrogen and oxygen atoms in total. The van der Waals surface area contributed by atoms with Crippen molar-refractivity contribution in [3.05, 3.63) is 70.8 Å². The lowest BCUT2D eigenvalue weighted by Gasteiger charge is -2.40. The molecule has 2 aromatic carbocycles. The van der Waals surface area contributed by atoms with Crippen LogP contribution in [0.25, 0.3) is 0 Å². The summed E-state index contributed by atoms with van der Waals surface area (Å²) in [7, 11) is 0. The van der Waals surface area contributed by atoms with Gasteiger partial charge in [0.05, 0.1) is 6.54 Å². The van der Waals surface area contributed by atoms with Gasteiger partial charge in [0.1, 0.15) is 6.04 Å². The molecule has 1 saturated heterocycles. The minimum atomic E-state index is -0.372. The molecule has 2 aliphatic rings. The predicted octanol–water partition coefficient (Wildman–Crippen LogP) is 3.72. The van der Waals surface area contributed by atoms with Gasteiger partial charge in [-0.25, -0.2) is 0 Å². The number of amides is 2. The SMILES string of the molecule is CCc1ccc(CNC(=O)CN2CCc3ccccc3[C@@H]2C(=O)N2CCC(C)CC2)cc1. The number of carbonyl (C=O) groups excluding carboxylic acids is 2. The van der Waals surface area contributed by atoms with Crippen LogP contribution in [0, 0.1) is 5.92 Å². The molecule has 170 valence electrons. The number of nitrogens with one attached hydrogen (secondary N) is 1. The van der Waals surface area contributed by atoms with Crippen molar-refractivity contribution in [2.75, 3.05) is 26.2 Å². The second kappa shape index (κ2) is 10.3. The van der Waals surface area contributed by atoms with Gasteiger partial charge in [0.15, 0.2) is 0 Å². The van der Waals surface area contributed by atoms with Crippen LogP contribution in [0.15, 0.2) is 48.5 Å². The molecule has 2 heterocycles. The van der Waals surface area contributed by atoms with Crippen molar-refractivity contribution >= 4 is 11.8 Å². The van der Waals surface area contributed by atoms with Crippen LogP contribution in [-0.4, -0.2) is 47.8 Å². The number of benzene rings is 2. The lowest BCUT2D eigenvalue weighted by molar-refractivity contribution is -0.140. The van der Waals surface area contributed by atoms with Crippen molar-refractivity contribution < 1.29 is 9.59 Å². The molecule has 0 bridgehead atoms. The van der Waals surface area contributed by atoms with Gasteiger partial charge in [0, 0.05) is 26.2 Å². The Balaban J connectivity index is 1.44. The fraction of sp³-hybridized carbons (Fsp3) is 0.481. The Labute approximate surface area is 191 Å². The average Bonchev–Trinajstić information content (AvgIpc) is 2.83. The summed E-state index contributed by atoms with van der Waals surface area (Å²) in [5.74, 6) is 0.784. The van der Waals surface area contributed by atoms with Gasteiger partial charge in [-0.1, -0.05) is 62.4 Å². The van der Waals surface area contributed by atoms with E-state index in [1.807, 2.05) is 17.0 Å². The third kappa shape index (κ3) is 5.21. The van der Waals surface area contributed by atoms with Gasteiger partial charge in [-0.3, -0.25) is 14.5 Å². The maximum atomic E-state index is 13.6. The maximum absolute atomic E-state index is 13.6. The highest BCUT2D eigenvalue weighted by Gasteiger charge is 2.37. The molecule has 0 aliphatic carbocycles. The van der Waals surface area contributed by atoms with Crippen LogP contribution in [0.5, 0.6) is 0 Å². The van der Waals surface area contributed by atoms with E-state index in [9.17, 15) is 9.59 Å². The van der Waals surface area contributed by atoms with Gasteiger partial charge < -0.3 is 10.2 Å². The highest BCUT2D eigenvalue weighted by molar-refractivity contribution is 5.85. The molecular formula is C27H35N3O2. The molecule has 2 amide bonds. The van der Waals surface area contributed by atoms with E-state index in [2.05, 4.69) is 60.5 Å². The van der Waals surface area contributed by atoms with Gasteiger partial charge >= 0.3 is 0 Å². The Kier molecular flexibility index (Phi) is 7.26. The zero-order valence-electron chi connectivity index (χ0n) is 19.3. The van der Waals surface area contributed by atoms with Crippen molar-refractivity contribution in [1.29, 1.82) is 0 Å². The second-order valence-corrected chi connectivity index (χ2v) is 9.28. The zero-order valence-corrected chi connectivity index (χ0v) is 19.3. The van der Waals surface area contributed by atoms with Crippen molar-refractivity contribution in [3.8, 4) is 0 Å². The fourth-order valence-corrected chi connectivity index (χ4v) is 4.81. The van der Waals surface area contributed by atoms with Crippen LogP contribution in [0.4, 0.5) is 0 Å². The van der Waals surface area contributed by atoms with Crippen LogP contribution >= 0.6 is 0 Å². The first kappa shape index (κ1) is 22.5. The van der Waals surface area contributed by atoms with Crippen LogP contribution in [0.2, 0.25) is 0 Å². The molecule has 1 fully saturated rings. The van der Waals surface area contributed by atoms with E-state index in [1.54, 1.807) is 0 Å². The van der Waals surface area contributed by atoms with Gasteiger partial charge in [-0.2, -0.15) is 0 Å². The maximum Gasteiger partial charge on any atom is 0.244 e. The molecule has 1 atom stereocenters. The lowest BCUT2D eigenvalue weighted by atomic mass is 9.90. The number of nitrogens with zero attached hydrogens (tertiary/aromatic N) is 2. The number of fused-ring (bicyclic) bond motifs is 1. The van der Waals surface area contributed by atoms with E-state index < -0.39 is 0 Å². The first-order valence-corrected chi connectivity index (χ1v) is 12.0. The summed E-state index contributed by atoms with van der Waals surface area (Å²) < 4.78 is 0. The van der Waals surface area contributed by atoms with Gasteiger partial charge in [0.25, 0.3) is 0 Å². The molecule has 0 aromatic heterocycles. The summed E-state index contributed by atoms with van der Waals surface area (Å²) in [4.78, 5) is 30.5. The Morgan fingerprint density at radius 3 is 2.38 bits per heavy atom. The van der Waals surface area contributed by atoms with Crippen LogP contribution < -0.4 is 5.32 Å². The zero-order chi connectivity index (χ0) is 22.5. The smallest absolute Gasteiger partial charge is 0.244 e. The highest BCUT2D eigenvalue weighted by atomic mass is 16.2. The fourth-order valence-electron chi connectivity index (χ4n) is 4.81. The highest BCUT2D eigenvalue weighted by Crippen LogP contribution is 2.32. The summed E-state index contributed by atoms with van der Waals surface area (Å²) in [5.41, 5.74) is 4.67. The molecule has 0 saturated carbocycles. The summed E-state index contributed by atoms with van der Waals surface area (Å²) in [5, 5.41) is 3.05. The number of carbonyl (C=O) groups is 2. The minimum absolute atomic E-state index is 0.0333. The normalized spacial score (nSPS) is 19.4. The van der Waals surface area contributed by atoms with Gasteiger partial charge in [0.2, 0.25) is 11.8 Å². The number of hydrogen-bond donors (Lipinski definition) is 1. The summed E-state index contributed by atoms with van der Waals surface area (Å²) in [6, 6.07) is 16.2. The van der Waals surface area contributed by atoms with Crippen LogP contribution in [0.3, 0.4) is 0 Å². The predicted molar refractivity (Wildman–Crippen MR) is 127 cm³/mol. The lowest BCUT2D eigenvalue weighted by Crippen LogP contribution is -2.50. The van der Waals surface area contributed by atoms with Gasteiger partial charge in [-0.05, 0) is 53.9 Å². The average molecular weight is 434 g/mol. The minimum Gasteiger partial charge on any atom is -0.351 e. The number of piperidine rings is 1. The van der Waals surface area contributed by atoms with Crippen molar-refractivity contribution in [3.63, 3.8) is 0 Å². The van der Waals surface area contributed by atoms with Crippen LogP contribution in [-0.2, 0) is 29.0 Å². The molecule has 4 rings (SSSR count). The van der Waals surface area contributed by atoms with E-state index in [0.717, 1.165) is 56.4 Å². The topological polar surface area (TPSA) is 52.7 Å². The largest absolute Gasteiger partial charge is 0.351 e. The number of rotatable bonds is 6. The molecule has 0 spiro atoms. The van der Waals surface area contributed by atoms with Gasteiger partial charge in [-0.15, -0.1) is 0 Å². The molecule has 2 aromatic rings. The third-order valence-electron chi connectivity index (χ3n) is 6.98. The van der Waals surface area contributed by atoms with Crippen molar-refractivity contribution in [2.45, 2.75) is 52.1 Å². The standard InChI is InChI=1S/C27H35N3O2/c1-3-21-8-10-22(11-9-21)18-28-25(31)19-30-17-14-23-6-4-5-7-24(23)26(30)27(32)29-15-12-20(2)13-16-29/h4-11,20,26H,3,12-19H2,1-2H3,(H,28,31)/t26-/m1/s1. The first-order valence-electron chi connectivity index (χ1n) is 12.0. The van der Waals surface area contributed by atoms with E-state index in [0.29, 0.717) is 12.5 Å². The van der Waals surface area contributed by atoms with E-state index in [4.69, 9.17) is 0 Å². The van der Waals surface area contributed by atoms with E-state index >= 15 is 0 Å². The summed E-state index contributed by atoms with van der Waals surface area (Å²) in [6.45, 7) is 7.48. The molecule has 0 radical (unpaired) electrons. The number of aryl methyl sites for hydroxylation is 1. The molecular weight excluding hydrogens is 398 g/mol. The Morgan fingerprint density at radius 1 is 0.969 bits per heavy atom. The molecule has 2 aliphatic heterocycles. The Hall–Kier alpha value is -2.66. The van der Waals surface area contributed by atoms with E-state index in [1.165, 1.54) is 11.1 Å². The van der Waals surface area contributed by atoms with E-state index in [-0.39, 0.29) is 24.4 Å². The van der Waals surface area contributed by atoms with Crippen LogP contribution in [0.1, 0.15) is 55.0 Å². The number of likely N-dealkylation sites (tertiary alicyclic amines) is 1. The third-order valence-corrected chi connectivity index (χ3v) is 6.98. The Bertz CT molecular complexity index is 932. The molecule has 0 unspecified atom stereocenters. The molecule has 5 heteroatoms. The summed E-state index contributed by atoms with van der Waals surface area (Å²) in [6.07, 6.45) is 3.98. The molecule has 32 heavy (non-hydrogen) atoms. The quantitative estimate of drug-likeness (QED) is 0.755. The van der Waals surface area contributed by atoms with Crippen molar-refractivity contribution in [2.24, 2.45) is 5.92 Å². The monoisotopic (exact) mass is 433 g/mol. The first-order chi connectivity index (χ1) is 15.5. The second-order valence-electron chi connectivity index (χ2n) is 9.28. The summed E-state index contributed by atoms with van der Waals surface area (Å²) >= 11 is 0. The number of hydrogen-bond acceptors (Lipinski definition) is 3. The van der Waals surface area contributed by atoms with Crippen molar-refractivity contribution in [1.82, 2.24) is 15.1 Å². The molecule has 1 N–H and O–H groups in total. The Morgan fingerprint density at radius 2 is 1.66 bits per heavy atom.